The Morgan fingerprint density at radius 1 is 1.19 bits per heavy atom. The predicted octanol–water partition coefficient (Wildman–Crippen LogP) is 2.37. The van der Waals surface area contributed by atoms with E-state index in [1.165, 1.54) is 18.5 Å². The number of anilines is 2. The normalized spacial score (nSPS) is 15.0. The topological polar surface area (TPSA) is 83.3 Å². The molecule has 0 aliphatic carbocycles. The smallest absolute Gasteiger partial charge is 0.251 e. The van der Waals surface area contributed by atoms with E-state index >= 15 is 0 Å². The number of nitrogens with one attached hydrogen (secondary N) is 3. The largest absolute Gasteiger partial charge is 0.355 e. The van der Waals surface area contributed by atoms with Crippen molar-refractivity contribution in [3.8, 4) is 0 Å². The number of pyridine rings is 1. The fourth-order valence-corrected chi connectivity index (χ4v) is 3.53. The third-order valence-electron chi connectivity index (χ3n) is 5.02. The molecule has 1 aromatic carbocycles. The zero-order valence-corrected chi connectivity index (χ0v) is 15.4. The summed E-state index contributed by atoms with van der Waals surface area (Å²) in [5.41, 5.74) is 3.49. The number of hydrogen-bond acceptors (Lipinski definition) is 5. The lowest BCUT2D eigenvalue weighted by atomic mass is 9.93. The highest BCUT2D eigenvalue weighted by atomic mass is 16.1. The minimum absolute atomic E-state index is 0.102. The van der Waals surface area contributed by atoms with Crippen LogP contribution in [0.25, 0.3) is 5.65 Å². The molecule has 3 aromatic rings. The van der Waals surface area contributed by atoms with Crippen molar-refractivity contribution < 1.29 is 4.79 Å². The van der Waals surface area contributed by atoms with Gasteiger partial charge in [-0.15, -0.1) is 5.10 Å². The van der Waals surface area contributed by atoms with Gasteiger partial charge in [-0.1, -0.05) is 6.07 Å². The standard InChI is InChI=1S/C20H24N6O/c1-21-19(27)15-5-7-16(8-6-15)23-20-24-18-4-2-3-17(26(18)25-20)13-14-9-11-22-12-10-14/h2-8,14,22H,9-13H2,1H3,(H,21,27)(H,23,25). The van der Waals surface area contributed by atoms with E-state index in [0.717, 1.165) is 30.8 Å². The van der Waals surface area contributed by atoms with Crippen LogP contribution in [0.1, 0.15) is 28.9 Å². The Morgan fingerprint density at radius 2 is 1.96 bits per heavy atom. The molecular formula is C20H24N6O. The van der Waals surface area contributed by atoms with Crippen LogP contribution in [0.2, 0.25) is 0 Å². The molecule has 0 saturated carbocycles. The maximum Gasteiger partial charge on any atom is 0.251 e. The van der Waals surface area contributed by atoms with Gasteiger partial charge in [0, 0.05) is 24.0 Å². The van der Waals surface area contributed by atoms with E-state index in [-0.39, 0.29) is 5.91 Å². The second-order valence-electron chi connectivity index (χ2n) is 6.90. The number of benzene rings is 1. The third kappa shape index (κ3) is 3.93. The molecule has 0 radical (unpaired) electrons. The SMILES string of the molecule is CNC(=O)c1ccc(Nc2nc3cccc(CC4CCNCC4)n3n2)cc1. The fraction of sp³-hybridized carbons (Fsp3) is 0.350. The van der Waals surface area contributed by atoms with Crippen molar-refractivity contribution in [2.24, 2.45) is 5.92 Å². The van der Waals surface area contributed by atoms with E-state index < -0.39 is 0 Å². The first-order valence-corrected chi connectivity index (χ1v) is 9.37. The minimum Gasteiger partial charge on any atom is -0.355 e. The van der Waals surface area contributed by atoms with E-state index in [1.54, 1.807) is 19.2 Å². The summed E-state index contributed by atoms with van der Waals surface area (Å²) < 4.78 is 1.93. The summed E-state index contributed by atoms with van der Waals surface area (Å²) in [7, 11) is 1.62. The van der Waals surface area contributed by atoms with Gasteiger partial charge in [0.05, 0.1) is 0 Å². The third-order valence-corrected chi connectivity index (χ3v) is 5.02. The summed E-state index contributed by atoms with van der Waals surface area (Å²) in [6, 6.07) is 13.4. The lowest BCUT2D eigenvalue weighted by molar-refractivity contribution is 0.0963. The van der Waals surface area contributed by atoms with Crippen molar-refractivity contribution in [1.29, 1.82) is 0 Å². The second-order valence-corrected chi connectivity index (χ2v) is 6.90. The van der Waals surface area contributed by atoms with Gasteiger partial charge in [-0.05, 0) is 74.7 Å². The molecule has 3 heterocycles. The quantitative estimate of drug-likeness (QED) is 0.647. The lowest BCUT2D eigenvalue weighted by Gasteiger charge is -2.22. The molecule has 1 amide bonds. The summed E-state index contributed by atoms with van der Waals surface area (Å²) >= 11 is 0. The van der Waals surface area contributed by atoms with E-state index in [9.17, 15) is 4.79 Å². The fourth-order valence-electron chi connectivity index (χ4n) is 3.53. The van der Waals surface area contributed by atoms with Crippen molar-refractivity contribution in [2.45, 2.75) is 19.3 Å². The number of carbonyl (C=O) groups excluding carboxylic acids is 1. The van der Waals surface area contributed by atoms with Crippen molar-refractivity contribution in [2.75, 3.05) is 25.5 Å². The first kappa shape index (κ1) is 17.5. The van der Waals surface area contributed by atoms with Crippen LogP contribution in [-0.4, -0.2) is 40.6 Å². The second kappa shape index (κ2) is 7.75. The number of nitrogens with zero attached hydrogens (tertiary/aromatic N) is 3. The molecular weight excluding hydrogens is 340 g/mol. The molecule has 7 heteroatoms. The highest BCUT2D eigenvalue weighted by Crippen LogP contribution is 2.20. The number of carbonyl (C=O) groups is 1. The van der Waals surface area contributed by atoms with Gasteiger partial charge in [0.1, 0.15) is 0 Å². The maximum absolute atomic E-state index is 11.6. The zero-order valence-electron chi connectivity index (χ0n) is 15.4. The molecule has 0 atom stereocenters. The molecule has 0 unspecified atom stereocenters. The van der Waals surface area contributed by atoms with Gasteiger partial charge in [-0.2, -0.15) is 4.98 Å². The summed E-state index contributed by atoms with van der Waals surface area (Å²) in [6.07, 6.45) is 3.42. The van der Waals surface area contributed by atoms with Gasteiger partial charge in [-0.3, -0.25) is 4.79 Å². The molecule has 1 saturated heterocycles. The van der Waals surface area contributed by atoms with Gasteiger partial charge in [-0.25, -0.2) is 4.52 Å². The molecule has 27 heavy (non-hydrogen) atoms. The summed E-state index contributed by atoms with van der Waals surface area (Å²) in [5, 5.41) is 13.9. The van der Waals surface area contributed by atoms with Crippen LogP contribution in [0.4, 0.5) is 11.6 Å². The Balaban J connectivity index is 1.52. The molecule has 3 N–H and O–H groups in total. The van der Waals surface area contributed by atoms with Crippen molar-refractivity contribution in [1.82, 2.24) is 25.2 Å². The van der Waals surface area contributed by atoms with Crippen LogP contribution >= 0.6 is 0 Å². The number of rotatable bonds is 5. The summed E-state index contributed by atoms with van der Waals surface area (Å²) in [4.78, 5) is 16.2. The van der Waals surface area contributed by atoms with Crippen molar-refractivity contribution in [3.63, 3.8) is 0 Å². The van der Waals surface area contributed by atoms with E-state index in [4.69, 9.17) is 0 Å². The monoisotopic (exact) mass is 364 g/mol. The molecule has 2 aromatic heterocycles. The number of aromatic nitrogens is 3. The Bertz CT molecular complexity index is 927. The lowest BCUT2D eigenvalue weighted by Crippen LogP contribution is -2.29. The predicted molar refractivity (Wildman–Crippen MR) is 105 cm³/mol. The molecule has 0 bridgehead atoms. The van der Waals surface area contributed by atoms with Crippen LogP contribution in [0.15, 0.2) is 42.5 Å². The zero-order chi connectivity index (χ0) is 18.6. The molecule has 1 aliphatic rings. The number of piperidine rings is 1. The van der Waals surface area contributed by atoms with Gasteiger partial charge in [0.15, 0.2) is 5.65 Å². The Labute approximate surface area is 158 Å². The average Bonchev–Trinajstić information content (AvgIpc) is 3.12. The van der Waals surface area contributed by atoms with Crippen molar-refractivity contribution in [3.05, 3.63) is 53.7 Å². The molecule has 0 spiro atoms. The summed E-state index contributed by atoms with van der Waals surface area (Å²) in [5.74, 6) is 1.14. The van der Waals surface area contributed by atoms with Gasteiger partial charge < -0.3 is 16.0 Å². The van der Waals surface area contributed by atoms with E-state index in [2.05, 4.69) is 32.1 Å². The van der Waals surface area contributed by atoms with Crippen LogP contribution in [0, 0.1) is 5.92 Å². The highest BCUT2D eigenvalue weighted by Gasteiger charge is 2.16. The van der Waals surface area contributed by atoms with Gasteiger partial charge in [0.25, 0.3) is 5.91 Å². The van der Waals surface area contributed by atoms with Crippen LogP contribution in [0.3, 0.4) is 0 Å². The molecule has 4 rings (SSSR count). The van der Waals surface area contributed by atoms with E-state index in [0.29, 0.717) is 17.4 Å². The van der Waals surface area contributed by atoms with Crippen LogP contribution in [0.5, 0.6) is 0 Å². The van der Waals surface area contributed by atoms with Crippen LogP contribution in [-0.2, 0) is 6.42 Å². The van der Waals surface area contributed by atoms with Gasteiger partial charge >= 0.3 is 0 Å². The highest BCUT2D eigenvalue weighted by molar-refractivity contribution is 5.94. The molecule has 7 nitrogen and oxygen atoms in total. The van der Waals surface area contributed by atoms with Crippen LogP contribution < -0.4 is 16.0 Å². The summed E-state index contributed by atoms with van der Waals surface area (Å²) in [6.45, 7) is 2.19. The first-order valence-electron chi connectivity index (χ1n) is 9.37. The molecule has 1 fully saturated rings. The van der Waals surface area contributed by atoms with Gasteiger partial charge in [0.2, 0.25) is 5.95 Å². The first-order chi connectivity index (χ1) is 13.2. The maximum atomic E-state index is 11.6. The minimum atomic E-state index is -0.102. The molecule has 1 aliphatic heterocycles. The molecule has 140 valence electrons. The number of amides is 1. The Morgan fingerprint density at radius 3 is 2.70 bits per heavy atom. The Kier molecular flexibility index (Phi) is 5.02. The number of hydrogen-bond donors (Lipinski definition) is 3. The van der Waals surface area contributed by atoms with E-state index in [1.807, 2.05) is 28.8 Å². The van der Waals surface area contributed by atoms with Crippen molar-refractivity contribution >= 4 is 23.2 Å². The average molecular weight is 364 g/mol. The Hall–Kier alpha value is -2.93. The number of fused-ring (bicyclic) bond motifs is 1.